The van der Waals surface area contributed by atoms with Crippen LogP contribution >= 0.6 is 0 Å². The van der Waals surface area contributed by atoms with Crippen LogP contribution in [0.3, 0.4) is 0 Å². The average Bonchev–Trinajstić information content (AvgIpc) is 2.83. The molecule has 0 radical (unpaired) electrons. The Labute approximate surface area is 193 Å². The van der Waals surface area contributed by atoms with E-state index in [2.05, 4.69) is 16.5 Å². The highest BCUT2D eigenvalue weighted by Gasteiger charge is 2.20. The Kier molecular flexibility index (Phi) is 8.52. The van der Waals surface area contributed by atoms with Gasteiger partial charge in [-0.15, -0.1) is 0 Å². The number of hydrogen-bond acceptors (Lipinski definition) is 6. The molecule has 0 aliphatic carbocycles. The molecular formula is C26H29O7+. The fraction of sp³-hybridized carbons (Fsp3) is 0.308. The third-order valence-corrected chi connectivity index (χ3v) is 4.87. The van der Waals surface area contributed by atoms with E-state index in [1.165, 1.54) is 0 Å². The van der Waals surface area contributed by atoms with Gasteiger partial charge in [-0.3, -0.25) is 0 Å². The van der Waals surface area contributed by atoms with Crippen LogP contribution in [0, 0.1) is 0 Å². The summed E-state index contributed by atoms with van der Waals surface area (Å²) in [6, 6.07) is 15.2. The van der Waals surface area contributed by atoms with Crippen molar-refractivity contribution in [2.75, 3.05) is 40.1 Å². The standard InChI is InChI=1S/C26H29O7/c1-4-29-25(27)17-31-22-10-6-19(7-11-22)21-14-15-33(3)24(16-21)20-8-12-23(13-9-20)32-18-26(28)30-5-2/h6-14,16H,4-5,15,17-18H2,1-3H3/q+1. The maximum atomic E-state index is 11.5. The van der Waals surface area contributed by atoms with Crippen molar-refractivity contribution >= 4 is 23.3 Å². The van der Waals surface area contributed by atoms with Crippen molar-refractivity contribution in [2.24, 2.45) is 0 Å². The first-order valence-corrected chi connectivity index (χ1v) is 10.8. The van der Waals surface area contributed by atoms with Gasteiger partial charge in [0.1, 0.15) is 11.5 Å². The van der Waals surface area contributed by atoms with Crippen molar-refractivity contribution in [3.05, 3.63) is 71.8 Å². The normalized spacial score (nSPS) is 13.0. The summed E-state index contributed by atoms with van der Waals surface area (Å²) in [7, 11) is 1.95. The van der Waals surface area contributed by atoms with Crippen LogP contribution in [-0.2, 0) is 23.4 Å². The van der Waals surface area contributed by atoms with E-state index in [1.54, 1.807) is 13.8 Å². The molecular weight excluding hydrogens is 424 g/mol. The lowest BCUT2D eigenvalue weighted by atomic mass is 10.0. The maximum absolute atomic E-state index is 11.5. The first-order valence-electron chi connectivity index (χ1n) is 10.8. The molecule has 0 atom stereocenters. The summed E-state index contributed by atoms with van der Waals surface area (Å²) in [5.41, 5.74) is 3.13. The predicted molar refractivity (Wildman–Crippen MR) is 125 cm³/mol. The summed E-state index contributed by atoms with van der Waals surface area (Å²) < 4.78 is 23.7. The Morgan fingerprint density at radius 2 is 1.27 bits per heavy atom. The monoisotopic (exact) mass is 453 g/mol. The molecule has 174 valence electrons. The van der Waals surface area contributed by atoms with Crippen LogP contribution in [0.25, 0.3) is 11.3 Å². The van der Waals surface area contributed by atoms with E-state index in [1.807, 2.05) is 55.6 Å². The lowest BCUT2D eigenvalue weighted by Crippen LogP contribution is -2.15. The quantitative estimate of drug-likeness (QED) is 0.397. The molecule has 0 fully saturated rings. The highest BCUT2D eigenvalue weighted by atomic mass is 16.7. The van der Waals surface area contributed by atoms with E-state index < -0.39 is 0 Å². The number of esters is 2. The Bertz CT molecular complexity index is 1000. The minimum Gasteiger partial charge on any atom is -0.571 e. The minimum absolute atomic E-state index is 0.110. The summed E-state index contributed by atoms with van der Waals surface area (Å²) in [5, 5.41) is 0. The molecule has 0 amide bonds. The summed E-state index contributed by atoms with van der Waals surface area (Å²) in [6.07, 6.45) is 4.22. The van der Waals surface area contributed by atoms with Gasteiger partial charge in [-0.25, -0.2) is 9.59 Å². The molecule has 0 N–H and O–H groups in total. The van der Waals surface area contributed by atoms with Crippen molar-refractivity contribution in [3.63, 3.8) is 0 Å². The zero-order valence-electron chi connectivity index (χ0n) is 19.2. The Morgan fingerprint density at radius 3 is 1.76 bits per heavy atom. The molecule has 0 bridgehead atoms. The molecule has 3 rings (SSSR count). The Morgan fingerprint density at radius 1 is 0.788 bits per heavy atom. The van der Waals surface area contributed by atoms with Gasteiger partial charge < -0.3 is 23.3 Å². The molecule has 1 aliphatic heterocycles. The lowest BCUT2D eigenvalue weighted by Gasteiger charge is -2.25. The van der Waals surface area contributed by atoms with Crippen molar-refractivity contribution in [1.29, 1.82) is 0 Å². The molecule has 0 spiro atoms. The average molecular weight is 454 g/mol. The third kappa shape index (κ3) is 6.87. The van der Waals surface area contributed by atoms with Gasteiger partial charge in [0, 0.05) is 12.2 Å². The highest BCUT2D eigenvalue weighted by Crippen LogP contribution is 2.32. The number of benzene rings is 2. The molecule has 0 aromatic heterocycles. The van der Waals surface area contributed by atoms with E-state index in [0.717, 1.165) is 22.5 Å². The molecule has 0 saturated carbocycles. The SMILES string of the molecule is CCOC(=O)COc1ccc(C2=CC[O+](C)C(c3ccc(OCC(=O)OCC)cc3)=C2)cc1. The van der Waals surface area contributed by atoms with E-state index in [9.17, 15) is 9.59 Å². The molecule has 1 heterocycles. The molecule has 0 saturated heterocycles. The second-order valence-electron chi connectivity index (χ2n) is 7.21. The Hall–Kier alpha value is -3.74. The van der Waals surface area contributed by atoms with Gasteiger partial charge in [0.15, 0.2) is 26.9 Å². The van der Waals surface area contributed by atoms with Gasteiger partial charge in [-0.1, -0.05) is 12.1 Å². The fourth-order valence-electron chi connectivity index (χ4n) is 3.24. The Balaban J connectivity index is 1.66. The first kappa shape index (κ1) is 23.9. The molecule has 33 heavy (non-hydrogen) atoms. The van der Waals surface area contributed by atoms with Crippen LogP contribution < -0.4 is 9.47 Å². The van der Waals surface area contributed by atoms with Crippen LogP contribution in [-0.4, -0.2) is 52.1 Å². The zero-order valence-corrected chi connectivity index (χ0v) is 19.2. The second kappa shape index (κ2) is 11.8. The summed E-state index contributed by atoms with van der Waals surface area (Å²) in [4.78, 5) is 22.9. The first-order chi connectivity index (χ1) is 16.0. The molecule has 0 unspecified atom stereocenters. The summed E-state index contributed by atoms with van der Waals surface area (Å²) >= 11 is 0. The number of hydrogen-bond donors (Lipinski definition) is 0. The number of allylic oxidation sites excluding steroid dienone is 2. The van der Waals surface area contributed by atoms with Crippen LogP contribution in [0.4, 0.5) is 0 Å². The topological polar surface area (TPSA) is 73.8 Å². The number of carbonyl (C=O) groups excluding carboxylic acids is 2. The maximum Gasteiger partial charge on any atom is 0.344 e. The van der Waals surface area contributed by atoms with Gasteiger partial charge in [0.05, 0.1) is 18.8 Å². The summed E-state index contributed by atoms with van der Waals surface area (Å²) in [5.74, 6) is 1.43. The largest absolute Gasteiger partial charge is 0.571 e. The van der Waals surface area contributed by atoms with Gasteiger partial charge >= 0.3 is 11.9 Å². The number of carbonyl (C=O) groups is 2. The van der Waals surface area contributed by atoms with Crippen molar-refractivity contribution in [1.82, 2.24) is 0 Å². The number of ether oxygens (including phenoxy) is 4. The van der Waals surface area contributed by atoms with Crippen molar-refractivity contribution in [3.8, 4) is 11.5 Å². The molecule has 2 aromatic carbocycles. The van der Waals surface area contributed by atoms with Gasteiger partial charge in [-0.05, 0) is 61.4 Å². The molecule has 7 heteroatoms. The molecule has 2 aromatic rings. The van der Waals surface area contributed by atoms with Crippen molar-refractivity contribution < 1.29 is 32.9 Å². The van der Waals surface area contributed by atoms with Gasteiger partial charge in [-0.2, -0.15) is 0 Å². The number of rotatable bonds is 10. The molecule has 1 aliphatic rings. The minimum atomic E-state index is -0.390. The van der Waals surface area contributed by atoms with Gasteiger partial charge in [0.25, 0.3) is 5.76 Å². The van der Waals surface area contributed by atoms with E-state index in [-0.39, 0.29) is 25.2 Å². The smallest absolute Gasteiger partial charge is 0.344 e. The zero-order chi connectivity index (χ0) is 23.6. The van der Waals surface area contributed by atoms with Crippen LogP contribution in [0.2, 0.25) is 0 Å². The van der Waals surface area contributed by atoms with E-state index in [0.29, 0.717) is 31.3 Å². The fourth-order valence-corrected chi connectivity index (χ4v) is 3.24. The molecule has 7 nitrogen and oxygen atoms in total. The van der Waals surface area contributed by atoms with Crippen molar-refractivity contribution in [2.45, 2.75) is 13.8 Å². The van der Waals surface area contributed by atoms with Gasteiger partial charge in [0.2, 0.25) is 0 Å². The lowest BCUT2D eigenvalue weighted by molar-refractivity contribution is -0.146. The third-order valence-electron chi connectivity index (χ3n) is 4.87. The van der Waals surface area contributed by atoms with Crippen LogP contribution in [0.5, 0.6) is 11.5 Å². The summed E-state index contributed by atoms with van der Waals surface area (Å²) in [6.45, 7) is 4.64. The second-order valence-corrected chi connectivity index (χ2v) is 7.21. The van der Waals surface area contributed by atoms with Crippen LogP contribution in [0.1, 0.15) is 25.0 Å². The predicted octanol–water partition coefficient (Wildman–Crippen LogP) is 4.19. The van der Waals surface area contributed by atoms with E-state index in [4.69, 9.17) is 18.9 Å². The van der Waals surface area contributed by atoms with E-state index >= 15 is 0 Å². The highest BCUT2D eigenvalue weighted by molar-refractivity contribution is 5.84. The van der Waals surface area contributed by atoms with Crippen LogP contribution in [0.15, 0.2) is 60.7 Å².